The molecule has 0 aromatic heterocycles. The van der Waals surface area contributed by atoms with E-state index in [1.807, 2.05) is 0 Å². The van der Waals surface area contributed by atoms with E-state index in [4.69, 9.17) is 4.74 Å². The molecule has 0 unspecified atom stereocenters. The van der Waals surface area contributed by atoms with E-state index in [0.29, 0.717) is 5.75 Å². The quantitative estimate of drug-likeness (QED) is 0.866. The number of piperazine rings is 1. The van der Waals surface area contributed by atoms with Crippen LogP contribution >= 0.6 is 0 Å². The first-order valence-electron chi connectivity index (χ1n) is 7.83. The van der Waals surface area contributed by atoms with Crippen molar-refractivity contribution in [1.29, 1.82) is 0 Å². The van der Waals surface area contributed by atoms with Gasteiger partial charge in [-0.15, -0.1) is 13.2 Å². The van der Waals surface area contributed by atoms with Gasteiger partial charge in [0.15, 0.2) is 0 Å². The van der Waals surface area contributed by atoms with Gasteiger partial charge in [0.1, 0.15) is 11.5 Å². The molecule has 1 heterocycles. The number of methoxy groups -OCH3 is 1. The maximum atomic E-state index is 12.4. The van der Waals surface area contributed by atoms with E-state index in [1.165, 1.54) is 19.2 Å². The summed E-state index contributed by atoms with van der Waals surface area (Å²) in [7, 11) is 1.47. The molecule has 1 atom stereocenters. The lowest BCUT2D eigenvalue weighted by atomic mass is 9.98. The van der Waals surface area contributed by atoms with Gasteiger partial charge in [0.25, 0.3) is 0 Å². The van der Waals surface area contributed by atoms with Crippen molar-refractivity contribution in [3.8, 4) is 11.5 Å². The minimum atomic E-state index is -4.70. The Morgan fingerprint density at radius 1 is 1.26 bits per heavy atom. The lowest BCUT2D eigenvalue weighted by Gasteiger charge is -2.35. The zero-order chi connectivity index (χ0) is 16.9. The smallest absolute Gasteiger partial charge is 0.496 e. The first-order valence-corrected chi connectivity index (χ1v) is 7.83. The van der Waals surface area contributed by atoms with Crippen LogP contribution in [0.2, 0.25) is 0 Å². The number of hydrogen-bond donors (Lipinski definition) is 1. The van der Waals surface area contributed by atoms with E-state index in [1.54, 1.807) is 6.07 Å². The molecule has 23 heavy (non-hydrogen) atoms. The monoisotopic (exact) mass is 332 g/mol. The maximum absolute atomic E-state index is 12.4. The fourth-order valence-corrected chi connectivity index (χ4v) is 2.97. The van der Waals surface area contributed by atoms with E-state index in [-0.39, 0.29) is 11.8 Å². The summed E-state index contributed by atoms with van der Waals surface area (Å²) in [6.45, 7) is 5.75. The molecule has 7 heteroatoms. The van der Waals surface area contributed by atoms with Gasteiger partial charge in [-0.05, 0) is 12.5 Å². The van der Waals surface area contributed by atoms with E-state index in [9.17, 15) is 13.2 Å². The minimum absolute atomic E-state index is 0.136. The lowest BCUT2D eigenvalue weighted by molar-refractivity contribution is -0.274. The molecule has 0 saturated carbocycles. The molecule has 0 bridgehead atoms. The van der Waals surface area contributed by atoms with Crippen LogP contribution in [0, 0.1) is 0 Å². The highest BCUT2D eigenvalue weighted by molar-refractivity contribution is 5.42. The van der Waals surface area contributed by atoms with E-state index in [0.717, 1.165) is 44.6 Å². The van der Waals surface area contributed by atoms with Crippen LogP contribution < -0.4 is 14.8 Å². The molecule has 1 aromatic carbocycles. The Labute approximate surface area is 134 Å². The normalized spacial score (nSPS) is 17.8. The zero-order valence-corrected chi connectivity index (χ0v) is 13.4. The molecule has 4 nitrogen and oxygen atoms in total. The number of nitrogens with zero attached hydrogens (tertiary/aromatic N) is 1. The van der Waals surface area contributed by atoms with Crippen LogP contribution in [0.15, 0.2) is 18.2 Å². The van der Waals surface area contributed by atoms with Crippen molar-refractivity contribution >= 4 is 0 Å². The van der Waals surface area contributed by atoms with Crippen molar-refractivity contribution in [3.05, 3.63) is 23.8 Å². The van der Waals surface area contributed by atoms with Gasteiger partial charge >= 0.3 is 6.36 Å². The van der Waals surface area contributed by atoms with Crippen LogP contribution in [0.3, 0.4) is 0 Å². The van der Waals surface area contributed by atoms with Gasteiger partial charge in [-0.2, -0.15) is 0 Å². The molecular weight excluding hydrogens is 309 g/mol. The second-order valence-corrected chi connectivity index (χ2v) is 5.54. The first kappa shape index (κ1) is 17.9. The average Bonchev–Trinajstić information content (AvgIpc) is 2.52. The van der Waals surface area contributed by atoms with Crippen molar-refractivity contribution < 1.29 is 22.6 Å². The van der Waals surface area contributed by atoms with Crippen LogP contribution in [0.25, 0.3) is 0 Å². The van der Waals surface area contributed by atoms with E-state index in [2.05, 4.69) is 21.9 Å². The number of halogens is 3. The Hall–Kier alpha value is -1.47. The number of hydrogen-bond acceptors (Lipinski definition) is 4. The molecule has 130 valence electrons. The largest absolute Gasteiger partial charge is 0.573 e. The Bertz CT molecular complexity index is 503. The average molecular weight is 332 g/mol. The summed E-state index contributed by atoms with van der Waals surface area (Å²) < 4.78 is 46.4. The first-order chi connectivity index (χ1) is 10.9. The van der Waals surface area contributed by atoms with Crippen molar-refractivity contribution in [2.45, 2.75) is 32.2 Å². The fourth-order valence-electron chi connectivity index (χ4n) is 2.97. The number of alkyl halides is 3. The molecule has 1 aromatic rings. The highest BCUT2D eigenvalue weighted by atomic mass is 19.4. The molecule has 1 aliphatic heterocycles. The molecule has 1 aliphatic rings. The molecule has 0 aliphatic carbocycles. The standard InChI is InChI=1S/C16H23F3N2O2/c1-3-4-14(21-9-7-20-8-10-21)13-6-5-12(11-15(13)22-2)23-16(17,18)19/h5-6,11,14,20H,3-4,7-10H2,1-2H3/t14-/m0/s1. The molecule has 2 rings (SSSR count). The summed E-state index contributed by atoms with van der Waals surface area (Å²) in [5.41, 5.74) is 0.908. The predicted molar refractivity (Wildman–Crippen MR) is 81.8 cm³/mol. The van der Waals surface area contributed by atoms with Gasteiger partial charge < -0.3 is 14.8 Å². The van der Waals surface area contributed by atoms with Crippen molar-refractivity contribution in [2.24, 2.45) is 0 Å². The van der Waals surface area contributed by atoms with Gasteiger partial charge in [0, 0.05) is 43.9 Å². The van der Waals surface area contributed by atoms with Crippen molar-refractivity contribution in [2.75, 3.05) is 33.3 Å². The van der Waals surface area contributed by atoms with Gasteiger partial charge in [0.2, 0.25) is 0 Å². The third-order valence-corrected chi connectivity index (χ3v) is 3.95. The summed E-state index contributed by atoms with van der Waals surface area (Å²) in [5, 5.41) is 3.31. The zero-order valence-electron chi connectivity index (χ0n) is 13.4. The number of benzene rings is 1. The molecule has 0 amide bonds. The Kier molecular flexibility index (Phi) is 6.12. The van der Waals surface area contributed by atoms with Gasteiger partial charge in [-0.3, -0.25) is 4.90 Å². The number of nitrogens with one attached hydrogen (secondary N) is 1. The molecule has 1 fully saturated rings. The molecule has 1 N–H and O–H groups in total. The third kappa shape index (κ3) is 5.00. The third-order valence-electron chi connectivity index (χ3n) is 3.95. The predicted octanol–water partition coefficient (Wildman–Crippen LogP) is 3.34. The van der Waals surface area contributed by atoms with Crippen LogP contribution in [0.1, 0.15) is 31.4 Å². The second-order valence-electron chi connectivity index (χ2n) is 5.54. The van der Waals surface area contributed by atoms with E-state index < -0.39 is 6.36 Å². The summed E-state index contributed by atoms with van der Waals surface area (Å²) >= 11 is 0. The summed E-state index contributed by atoms with van der Waals surface area (Å²) in [6, 6.07) is 4.49. The summed E-state index contributed by atoms with van der Waals surface area (Å²) in [5.74, 6) is 0.178. The highest BCUT2D eigenvalue weighted by Crippen LogP contribution is 2.36. The molecular formula is C16H23F3N2O2. The SMILES string of the molecule is CCC[C@@H](c1ccc(OC(F)(F)F)cc1OC)N1CCNCC1. The van der Waals surface area contributed by atoms with Crippen LogP contribution in [0.4, 0.5) is 13.2 Å². The lowest BCUT2D eigenvalue weighted by Crippen LogP contribution is -2.45. The van der Waals surface area contributed by atoms with Crippen molar-refractivity contribution in [1.82, 2.24) is 10.2 Å². The molecule has 0 radical (unpaired) electrons. The van der Waals surface area contributed by atoms with E-state index >= 15 is 0 Å². The van der Waals surface area contributed by atoms with Crippen LogP contribution in [-0.4, -0.2) is 44.6 Å². The Balaban J connectivity index is 2.26. The summed E-state index contributed by atoms with van der Waals surface area (Å²) in [4.78, 5) is 2.35. The van der Waals surface area contributed by atoms with Gasteiger partial charge in [-0.25, -0.2) is 0 Å². The molecule has 0 spiro atoms. The topological polar surface area (TPSA) is 33.7 Å². The van der Waals surface area contributed by atoms with Crippen molar-refractivity contribution in [3.63, 3.8) is 0 Å². The fraction of sp³-hybridized carbons (Fsp3) is 0.625. The Morgan fingerprint density at radius 3 is 2.52 bits per heavy atom. The second kappa shape index (κ2) is 7.88. The maximum Gasteiger partial charge on any atom is 0.573 e. The minimum Gasteiger partial charge on any atom is -0.496 e. The number of rotatable bonds is 6. The summed E-state index contributed by atoms with van der Waals surface area (Å²) in [6.07, 6.45) is -2.79. The van der Waals surface area contributed by atoms with Gasteiger partial charge in [-0.1, -0.05) is 19.4 Å². The van der Waals surface area contributed by atoms with Crippen LogP contribution in [0.5, 0.6) is 11.5 Å². The Morgan fingerprint density at radius 2 is 1.96 bits per heavy atom. The highest BCUT2D eigenvalue weighted by Gasteiger charge is 2.32. The van der Waals surface area contributed by atoms with Gasteiger partial charge in [0.05, 0.1) is 7.11 Å². The molecule has 1 saturated heterocycles. The van der Waals surface area contributed by atoms with Crippen LogP contribution in [-0.2, 0) is 0 Å². The number of ether oxygens (including phenoxy) is 2.